The van der Waals surface area contributed by atoms with Gasteiger partial charge in [-0.25, -0.2) is 0 Å². The Bertz CT molecular complexity index is 366. The van der Waals surface area contributed by atoms with Crippen molar-refractivity contribution in [1.29, 1.82) is 0 Å². The van der Waals surface area contributed by atoms with Gasteiger partial charge in [-0.2, -0.15) is 0 Å². The summed E-state index contributed by atoms with van der Waals surface area (Å²) in [7, 11) is 3.95. The van der Waals surface area contributed by atoms with E-state index in [4.69, 9.17) is 4.74 Å². The lowest BCUT2D eigenvalue weighted by Gasteiger charge is -2.39. The molecule has 0 aliphatic heterocycles. The van der Waals surface area contributed by atoms with Gasteiger partial charge in [-0.05, 0) is 43.8 Å². The summed E-state index contributed by atoms with van der Waals surface area (Å²) < 4.78 is 6.03. The van der Waals surface area contributed by atoms with Gasteiger partial charge < -0.3 is 10.1 Å². The van der Waals surface area contributed by atoms with Gasteiger partial charge in [-0.3, -0.25) is 0 Å². The summed E-state index contributed by atoms with van der Waals surface area (Å²) >= 11 is 1.83. The molecule has 18 heavy (non-hydrogen) atoms. The summed E-state index contributed by atoms with van der Waals surface area (Å²) in [6.45, 7) is 2.21. The highest BCUT2D eigenvalue weighted by Gasteiger charge is 2.40. The van der Waals surface area contributed by atoms with Crippen LogP contribution >= 0.6 is 11.3 Å². The number of likely N-dealkylation sites (N-methyl/N-ethyl adjacent to an activating group) is 1. The van der Waals surface area contributed by atoms with Crippen molar-refractivity contribution < 1.29 is 4.74 Å². The van der Waals surface area contributed by atoms with Gasteiger partial charge in [0.25, 0.3) is 0 Å². The fourth-order valence-corrected chi connectivity index (χ4v) is 4.07. The summed E-state index contributed by atoms with van der Waals surface area (Å²) in [5.74, 6) is 0. The third-order valence-electron chi connectivity index (χ3n) is 4.38. The largest absolute Gasteiger partial charge is 0.376 e. The van der Waals surface area contributed by atoms with E-state index in [1.54, 1.807) is 0 Å². The molecule has 1 heterocycles. The summed E-state index contributed by atoms with van der Waals surface area (Å²) in [5, 5.41) is 5.71. The van der Waals surface area contributed by atoms with E-state index in [0.717, 1.165) is 0 Å². The zero-order chi connectivity index (χ0) is 13.0. The Balaban J connectivity index is 2.30. The molecule has 1 unspecified atom stereocenters. The van der Waals surface area contributed by atoms with E-state index in [2.05, 4.69) is 30.7 Å². The maximum atomic E-state index is 6.03. The molecule has 1 fully saturated rings. The second-order valence-electron chi connectivity index (χ2n) is 5.34. The molecule has 2 rings (SSSR count). The Hall–Kier alpha value is -0.380. The Morgan fingerprint density at radius 1 is 1.28 bits per heavy atom. The smallest absolute Gasteiger partial charge is 0.0872 e. The van der Waals surface area contributed by atoms with Gasteiger partial charge in [-0.15, -0.1) is 11.3 Å². The third kappa shape index (κ3) is 2.63. The van der Waals surface area contributed by atoms with Crippen LogP contribution in [-0.2, 0) is 4.74 Å². The second-order valence-corrected chi connectivity index (χ2v) is 6.46. The Morgan fingerprint density at radius 2 is 1.94 bits per heavy atom. The molecule has 1 N–H and O–H groups in total. The zero-order valence-electron chi connectivity index (χ0n) is 11.8. The second kappa shape index (κ2) is 6.18. The fraction of sp³-hybridized carbons (Fsp3) is 0.733. The SMILES string of the molecule is CNC(c1ccsc1C)C1(OC)CCCCCC1. The van der Waals surface area contributed by atoms with E-state index in [1.165, 1.54) is 49.0 Å². The van der Waals surface area contributed by atoms with E-state index < -0.39 is 0 Å². The van der Waals surface area contributed by atoms with Gasteiger partial charge in [0.15, 0.2) is 0 Å². The van der Waals surface area contributed by atoms with Gasteiger partial charge in [0.05, 0.1) is 11.6 Å². The van der Waals surface area contributed by atoms with Crippen molar-refractivity contribution in [3.8, 4) is 0 Å². The first-order valence-electron chi connectivity index (χ1n) is 7.00. The van der Waals surface area contributed by atoms with E-state index in [1.807, 2.05) is 18.4 Å². The standard InChI is InChI=1S/C15H25NOS/c1-12-13(8-11-18-12)14(16-2)15(17-3)9-6-4-5-7-10-15/h8,11,14,16H,4-7,9-10H2,1-3H3. The zero-order valence-corrected chi connectivity index (χ0v) is 12.6. The van der Waals surface area contributed by atoms with E-state index in [9.17, 15) is 0 Å². The summed E-state index contributed by atoms with van der Waals surface area (Å²) in [6, 6.07) is 2.58. The molecule has 3 heteroatoms. The highest BCUT2D eigenvalue weighted by atomic mass is 32.1. The Labute approximate surface area is 115 Å². The van der Waals surface area contributed by atoms with Crippen molar-refractivity contribution >= 4 is 11.3 Å². The lowest BCUT2D eigenvalue weighted by molar-refractivity contribution is -0.0523. The average molecular weight is 267 g/mol. The molecule has 1 saturated carbocycles. The van der Waals surface area contributed by atoms with Gasteiger partial charge in [-0.1, -0.05) is 25.7 Å². The van der Waals surface area contributed by atoms with Crippen LogP contribution in [-0.4, -0.2) is 19.8 Å². The van der Waals surface area contributed by atoms with Gasteiger partial charge in [0, 0.05) is 12.0 Å². The first-order valence-corrected chi connectivity index (χ1v) is 7.88. The number of rotatable bonds is 4. The molecule has 1 atom stereocenters. The van der Waals surface area contributed by atoms with Crippen LogP contribution in [0, 0.1) is 6.92 Å². The highest BCUT2D eigenvalue weighted by Crippen LogP contribution is 2.41. The molecular weight excluding hydrogens is 242 g/mol. The minimum atomic E-state index is -0.0168. The summed E-state index contributed by atoms with van der Waals surface area (Å²) in [5.41, 5.74) is 1.41. The predicted molar refractivity (Wildman–Crippen MR) is 78.3 cm³/mol. The number of nitrogens with one attached hydrogen (secondary N) is 1. The van der Waals surface area contributed by atoms with Crippen molar-refractivity contribution in [1.82, 2.24) is 5.32 Å². The third-order valence-corrected chi connectivity index (χ3v) is 5.24. The van der Waals surface area contributed by atoms with Gasteiger partial charge >= 0.3 is 0 Å². The Morgan fingerprint density at radius 3 is 2.39 bits per heavy atom. The van der Waals surface area contributed by atoms with E-state index in [-0.39, 0.29) is 5.60 Å². The number of ether oxygens (including phenoxy) is 1. The van der Waals surface area contributed by atoms with Crippen LogP contribution < -0.4 is 5.32 Å². The molecule has 0 saturated heterocycles. The molecule has 1 aromatic rings. The monoisotopic (exact) mass is 267 g/mol. The minimum absolute atomic E-state index is 0.0168. The van der Waals surface area contributed by atoms with Crippen LogP contribution in [0.2, 0.25) is 0 Å². The van der Waals surface area contributed by atoms with E-state index in [0.29, 0.717) is 6.04 Å². The molecule has 0 bridgehead atoms. The van der Waals surface area contributed by atoms with Gasteiger partial charge in [0.2, 0.25) is 0 Å². The molecule has 0 aromatic carbocycles. The van der Waals surface area contributed by atoms with Crippen molar-refractivity contribution in [2.75, 3.05) is 14.2 Å². The molecule has 1 aromatic heterocycles. The average Bonchev–Trinajstić information content (AvgIpc) is 2.67. The quantitative estimate of drug-likeness (QED) is 0.831. The molecule has 1 aliphatic carbocycles. The molecule has 0 amide bonds. The van der Waals surface area contributed by atoms with Crippen molar-refractivity contribution in [3.05, 3.63) is 21.9 Å². The normalized spacial score (nSPS) is 21.5. The number of hydrogen-bond acceptors (Lipinski definition) is 3. The number of thiophene rings is 1. The number of hydrogen-bond donors (Lipinski definition) is 1. The van der Waals surface area contributed by atoms with Crippen LogP contribution in [0.15, 0.2) is 11.4 Å². The molecule has 102 valence electrons. The van der Waals surface area contributed by atoms with Crippen molar-refractivity contribution in [3.63, 3.8) is 0 Å². The lowest BCUT2D eigenvalue weighted by Crippen LogP contribution is -2.44. The van der Waals surface area contributed by atoms with Crippen molar-refractivity contribution in [2.45, 2.75) is 57.1 Å². The highest BCUT2D eigenvalue weighted by molar-refractivity contribution is 7.10. The van der Waals surface area contributed by atoms with Crippen LogP contribution in [0.4, 0.5) is 0 Å². The summed E-state index contributed by atoms with van der Waals surface area (Å²) in [4.78, 5) is 1.41. The molecule has 1 aliphatic rings. The topological polar surface area (TPSA) is 21.3 Å². The fourth-order valence-electron chi connectivity index (χ4n) is 3.33. The first-order chi connectivity index (χ1) is 8.73. The number of methoxy groups -OCH3 is 1. The summed E-state index contributed by atoms with van der Waals surface area (Å²) in [6.07, 6.45) is 7.62. The van der Waals surface area contributed by atoms with Crippen LogP contribution in [0.5, 0.6) is 0 Å². The van der Waals surface area contributed by atoms with Gasteiger partial charge in [0.1, 0.15) is 0 Å². The maximum Gasteiger partial charge on any atom is 0.0872 e. The van der Waals surface area contributed by atoms with Crippen LogP contribution in [0.3, 0.4) is 0 Å². The molecular formula is C15H25NOS. The predicted octanol–water partition coefficient (Wildman–Crippen LogP) is 4.06. The number of aryl methyl sites for hydroxylation is 1. The van der Waals surface area contributed by atoms with Crippen LogP contribution in [0.25, 0.3) is 0 Å². The lowest BCUT2D eigenvalue weighted by atomic mass is 9.82. The van der Waals surface area contributed by atoms with E-state index >= 15 is 0 Å². The Kier molecular flexibility index (Phi) is 4.82. The first kappa shape index (κ1) is 14.0. The van der Waals surface area contributed by atoms with Crippen LogP contribution in [0.1, 0.15) is 55.0 Å². The maximum absolute atomic E-state index is 6.03. The molecule has 0 spiro atoms. The molecule has 0 radical (unpaired) electrons. The van der Waals surface area contributed by atoms with Crippen molar-refractivity contribution in [2.24, 2.45) is 0 Å². The minimum Gasteiger partial charge on any atom is -0.376 e. The molecule has 2 nitrogen and oxygen atoms in total.